The molecule has 0 bridgehead atoms. The van der Waals surface area contributed by atoms with Gasteiger partial charge in [0.1, 0.15) is 0 Å². The van der Waals surface area contributed by atoms with E-state index in [0.29, 0.717) is 12.5 Å². The number of aliphatic carboxylic acids is 1. The van der Waals surface area contributed by atoms with Crippen molar-refractivity contribution in [3.8, 4) is 0 Å². The number of likely N-dealkylation sites (tertiary alicyclic amines) is 1. The van der Waals surface area contributed by atoms with Gasteiger partial charge in [0, 0.05) is 19.1 Å². The van der Waals surface area contributed by atoms with E-state index in [1.165, 1.54) is 32.1 Å². The molecular formula is C13H22N2O2. The largest absolute Gasteiger partial charge is 0.481 e. The van der Waals surface area contributed by atoms with Crippen LogP contribution in [0.3, 0.4) is 0 Å². The van der Waals surface area contributed by atoms with Gasteiger partial charge in [0.25, 0.3) is 0 Å². The Balaban J connectivity index is 1.78. The highest BCUT2D eigenvalue weighted by Crippen LogP contribution is 2.42. The maximum absolute atomic E-state index is 11.1. The summed E-state index contributed by atoms with van der Waals surface area (Å²) in [6, 6.07) is 0.671. The van der Waals surface area contributed by atoms with Crippen LogP contribution in [0.4, 0.5) is 0 Å². The number of nitrogens with one attached hydrogen (secondary N) is 1. The van der Waals surface area contributed by atoms with Crippen molar-refractivity contribution in [2.45, 2.75) is 50.1 Å². The topological polar surface area (TPSA) is 52.6 Å². The SMILES string of the molecule is O=C(O)CC1(N2CCCC3CCCC32)CNC1. The molecule has 0 aromatic rings. The minimum atomic E-state index is -0.647. The number of nitrogens with zero attached hydrogens (tertiary/aromatic N) is 1. The fourth-order valence-corrected chi connectivity index (χ4v) is 4.17. The fraction of sp³-hybridized carbons (Fsp3) is 0.923. The van der Waals surface area contributed by atoms with E-state index in [9.17, 15) is 4.79 Å². The zero-order valence-electron chi connectivity index (χ0n) is 10.3. The van der Waals surface area contributed by atoms with Crippen molar-refractivity contribution in [1.82, 2.24) is 10.2 Å². The number of carboxylic acid groups (broad SMARTS) is 1. The summed E-state index contributed by atoms with van der Waals surface area (Å²) in [5.41, 5.74) is -0.0699. The van der Waals surface area contributed by atoms with Crippen LogP contribution in [-0.2, 0) is 4.79 Å². The third kappa shape index (κ3) is 1.87. The lowest BCUT2D eigenvalue weighted by molar-refractivity contribution is -0.143. The molecule has 2 unspecified atom stereocenters. The first-order valence-electron chi connectivity index (χ1n) is 6.91. The molecule has 3 fully saturated rings. The van der Waals surface area contributed by atoms with Crippen LogP contribution >= 0.6 is 0 Å². The quantitative estimate of drug-likeness (QED) is 0.772. The summed E-state index contributed by atoms with van der Waals surface area (Å²) in [4.78, 5) is 13.6. The van der Waals surface area contributed by atoms with E-state index in [4.69, 9.17) is 5.11 Å². The first kappa shape index (κ1) is 11.5. The van der Waals surface area contributed by atoms with Gasteiger partial charge in [-0.25, -0.2) is 0 Å². The molecule has 0 aromatic carbocycles. The molecule has 2 atom stereocenters. The predicted molar refractivity (Wildman–Crippen MR) is 64.9 cm³/mol. The van der Waals surface area contributed by atoms with Gasteiger partial charge in [-0.05, 0) is 38.1 Å². The van der Waals surface area contributed by atoms with E-state index in [0.717, 1.165) is 25.6 Å². The third-order valence-electron chi connectivity index (χ3n) is 4.99. The van der Waals surface area contributed by atoms with Crippen LogP contribution in [0.2, 0.25) is 0 Å². The van der Waals surface area contributed by atoms with E-state index in [1.807, 2.05) is 0 Å². The summed E-state index contributed by atoms with van der Waals surface area (Å²) in [6.07, 6.45) is 6.90. The van der Waals surface area contributed by atoms with Crippen molar-refractivity contribution in [2.75, 3.05) is 19.6 Å². The van der Waals surface area contributed by atoms with Gasteiger partial charge < -0.3 is 10.4 Å². The van der Waals surface area contributed by atoms with Crippen molar-refractivity contribution in [3.63, 3.8) is 0 Å². The molecule has 0 radical (unpaired) electrons. The molecular weight excluding hydrogens is 216 g/mol. The molecule has 2 N–H and O–H groups in total. The lowest BCUT2D eigenvalue weighted by Crippen LogP contribution is -2.72. The van der Waals surface area contributed by atoms with Crippen molar-refractivity contribution in [1.29, 1.82) is 0 Å². The first-order chi connectivity index (χ1) is 8.21. The maximum Gasteiger partial charge on any atom is 0.305 e. The molecule has 4 heteroatoms. The second kappa shape index (κ2) is 4.25. The van der Waals surface area contributed by atoms with Crippen molar-refractivity contribution in [3.05, 3.63) is 0 Å². The van der Waals surface area contributed by atoms with Crippen molar-refractivity contribution < 1.29 is 9.90 Å². The van der Waals surface area contributed by atoms with Gasteiger partial charge in [-0.2, -0.15) is 0 Å². The van der Waals surface area contributed by atoms with Crippen LogP contribution in [0.5, 0.6) is 0 Å². The predicted octanol–water partition coefficient (Wildman–Crippen LogP) is 1.07. The highest BCUT2D eigenvalue weighted by Gasteiger charge is 2.50. The van der Waals surface area contributed by atoms with Gasteiger partial charge in [0.05, 0.1) is 12.0 Å². The number of carbonyl (C=O) groups is 1. The lowest BCUT2D eigenvalue weighted by atomic mass is 9.80. The summed E-state index contributed by atoms with van der Waals surface area (Å²) in [7, 11) is 0. The molecule has 0 amide bonds. The van der Waals surface area contributed by atoms with Crippen LogP contribution < -0.4 is 5.32 Å². The molecule has 4 nitrogen and oxygen atoms in total. The zero-order valence-corrected chi connectivity index (χ0v) is 10.3. The van der Waals surface area contributed by atoms with Crippen molar-refractivity contribution in [2.24, 2.45) is 5.92 Å². The summed E-state index contributed by atoms with van der Waals surface area (Å²) in [5.74, 6) is 0.196. The molecule has 0 aromatic heterocycles. The van der Waals surface area contributed by atoms with Crippen LogP contribution in [0.1, 0.15) is 38.5 Å². The van der Waals surface area contributed by atoms with E-state index in [-0.39, 0.29) is 5.54 Å². The normalized spacial score (nSPS) is 36.2. The Hall–Kier alpha value is -0.610. The highest BCUT2D eigenvalue weighted by molar-refractivity contribution is 5.69. The molecule has 1 saturated carbocycles. The summed E-state index contributed by atoms with van der Waals surface area (Å²) >= 11 is 0. The Labute approximate surface area is 102 Å². The van der Waals surface area contributed by atoms with Gasteiger partial charge in [0.15, 0.2) is 0 Å². The molecule has 1 aliphatic carbocycles. The number of piperidine rings is 1. The molecule has 2 heterocycles. The average Bonchev–Trinajstić information content (AvgIpc) is 2.70. The van der Waals surface area contributed by atoms with Crippen LogP contribution in [0, 0.1) is 5.92 Å². The molecule has 96 valence electrons. The standard InChI is InChI=1S/C13H22N2O2/c16-12(17)7-13(8-14-9-13)15-6-2-4-10-3-1-5-11(10)15/h10-11,14H,1-9H2,(H,16,17). The Morgan fingerprint density at radius 3 is 2.71 bits per heavy atom. The number of carboxylic acids is 1. The van der Waals surface area contributed by atoms with Crippen molar-refractivity contribution >= 4 is 5.97 Å². The molecule has 3 rings (SSSR count). The minimum Gasteiger partial charge on any atom is -0.481 e. The Bertz CT molecular complexity index is 315. The van der Waals surface area contributed by atoms with E-state index >= 15 is 0 Å². The van der Waals surface area contributed by atoms with Gasteiger partial charge >= 0.3 is 5.97 Å². The number of fused-ring (bicyclic) bond motifs is 1. The summed E-state index contributed by atoms with van der Waals surface area (Å²) < 4.78 is 0. The van der Waals surface area contributed by atoms with Gasteiger partial charge in [-0.1, -0.05) is 6.42 Å². The second-order valence-corrected chi connectivity index (χ2v) is 5.99. The van der Waals surface area contributed by atoms with Crippen LogP contribution in [0.15, 0.2) is 0 Å². The highest BCUT2D eigenvalue weighted by atomic mass is 16.4. The Morgan fingerprint density at radius 2 is 2.06 bits per heavy atom. The Morgan fingerprint density at radius 1 is 1.29 bits per heavy atom. The first-order valence-corrected chi connectivity index (χ1v) is 6.91. The molecule has 3 aliphatic rings. The molecule has 0 spiro atoms. The van der Waals surface area contributed by atoms with Gasteiger partial charge in [-0.15, -0.1) is 0 Å². The van der Waals surface area contributed by atoms with Crippen LogP contribution in [-0.4, -0.2) is 47.2 Å². The minimum absolute atomic E-state index is 0.0699. The average molecular weight is 238 g/mol. The van der Waals surface area contributed by atoms with Gasteiger partial charge in [-0.3, -0.25) is 9.69 Å². The summed E-state index contributed by atoms with van der Waals surface area (Å²) in [5, 5.41) is 12.4. The molecule has 2 aliphatic heterocycles. The monoisotopic (exact) mass is 238 g/mol. The third-order valence-corrected chi connectivity index (χ3v) is 4.99. The Kier molecular flexibility index (Phi) is 2.87. The van der Waals surface area contributed by atoms with E-state index in [1.54, 1.807) is 0 Å². The summed E-state index contributed by atoms with van der Waals surface area (Å²) in [6.45, 7) is 2.83. The number of hydrogen-bond acceptors (Lipinski definition) is 3. The lowest BCUT2D eigenvalue weighted by Gasteiger charge is -2.55. The van der Waals surface area contributed by atoms with E-state index in [2.05, 4.69) is 10.2 Å². The molecule has 2 saturated heterocycles. The fourth-order valence-electron chi connectivity index (χ4n) is 4.17. The van der Waals surface area contributed by atoms with E-state index < -0.39 is 5.97 Å². The number of hydrogen-bond donors (Lipinski definition) is 2. The van der Waals surface area contributed by atoms with Crippen LogP contribution in [0.25, 0.3) is 0 Å². The zero-order chi connectivity index (χ0) is 11.9. The van der Waals surface area contributed by atoms with Gasteiger partial charge in [0.2, 0.25) is 0 Å². The molecule has 17 heavy (non-hydrogen) atoms. The smallest absolute Gasteiger partial charge is 0.305 e. The maximum atomic E-state index is 11.1. The number of rotatable bonds is 3. The second-order valence-electron chi connectivity index (χ2n) is 5.99.